The Labute approximate surface area is 139 Å². The number of carbonyl (C=O) groups excluding carboxylic acids is 1. The third kappa shape index (κ3) is 5.35. The lowest BCUT2D eigenvalue weighted by Gasteiger charge is -2.21. The van der Waals surface area contributed by atoms with Crippen molar-refractivity contribution in [3.05, 3.63) is 29.3 Å². The molecule has 0 atom stereocenters. The highest BCUT2D eigenvalue weighted by atomic mass is 32.2. The fourth-order valence-electron chi connectivity index (χ4n) is 2.75. The molecule has 0 amide bonds. The Morgan fingerprint density at radius 2 is 2.00 bits per heavy atom. The van der Waals surface area contributed by atoms with Gasteiger partial charge in [-0.3, -0.25) is 4.79 Å². The summed E-state index contributed by atoms with van der Waals surface area (Å²) in [5.41, 5.74) is 1.87. The fourth-order valence-corrected chi connectivity index (χ4v) is 3.96. The van der Waals surface area contributed by atoms with E-state index in [4.69, 9.17) is 4.74 Å². The first-order chi connectivity index (χ1) is 10.6. The number of ketones is 1. The van der Waals surface area contributed by atoms with Crippen LogP contribution in [0.2, 0.25) is 0 Å². The normalized spacial score (nSPS) is 16.0. The van der Waals surface area contributed by atoms with Crippen LogP contribution in [0.15, 0.2) is 18.2 Å². The van der Waals surface area contributed by atoms with Gasteiger partial charge in [-0.2, -0.15) is 11.8 Å². The van der Waals surface area contributed by atoms with Gasteiger partial charge in [0.25, 0.3) is 0 Å². The molecule has 0 aromatic heterocycles. The van der Waals surface area contributed by atoms with E-state index in [9.17, 15) is 4.79 Å². The monoisotopic (exact) mass is 320 g/mol. The summed E-state index contributed by atoms with van der Waals surface area (Å²) in [6.45, 7) is 6.92. The van der Waals surface area contributed by atoms with Gasteiger partial charge in [0.2, 0.25) is 0 Å². The Morgan fingerprint density at radius 3 is 2.68 bits per heavy atom. The van der Waals surface area contributed by atoms with Crippen LogP contribution < -0.4 is 4.74 Å². The SMILES string of the molecule is Cc1ccc(OCC(C)C)c(C(=O)CSC2CCCCC2)c1. The molecule has 1 aliphatic rings. The molecule has 0 heterocycles. The van der Waals surface area contributed by atoms with Gasteiger partial charge >= 0.3 is 0 Å². The highest BCUT2D eigenvalue weighted by Gasteiger charge is 2.18. The Balaban J connectivity index is 1.98. The summed E-state index contributed by atoms with van der Waals surface area (Å²) in [4.78, 5) is 12.6. The number of thioether (sulfide) groups is 1. The minimum atomic E-state index is 0.207. The van der Waals surface area contributed by atoms with Crippen LogP contribution in [0.1, 0.15) is 61.9 Å². The van der Waals surface area contributed by atoms with Crippen molar-refractivity contribution in [3.63, 3.8) is 0 Å². The van der Waals surface area contributed by atoms with Crippen LogP contribution in [0.5, 0.6) is 5.75 Å². The van der Waals surface area contributed by atoms with Crippen LogP contribution in [-0.2, 0) is 0 Å². The summed E-state index contributed by atoms with van der Waals surface area (Å²) >= 11 is 1.83. The lowest BCUT2D eigenvalue weighted by Crippen LogP contribution is -2.14. The predicted molar refractivity (Wildman–Crippen MR) is 95.2 cm³/mol. The smallest absolute Gasteiger partial charge is 0.176 e. The number of hydrogen-bond donors (Lipinski definition) is 0. The molecule has 0 radical (unpaired) electrons. The third-order valence-corrected chi connectivity index (χ3v) is 5.38. The molecule has 2 rings (SSSR count). The van der Waals surface area contributed by atoms with Crippen LogP contribution >= 0.6 is 11.8 Å². The summed E-state index contributed by atoms with van der Waals surface area (Å²) in [5, 5.41) is 0.669. The highest BCUT2D eigenvalue weighted by molar-refractivity contribution is 8.00. The van der Waals surface area contributed by atoms with Crippen LogP contribution in [0.25, 0.3) is 0 Å². The molecule has 0 unspecified atom stereocenters. The van der Waals surface area contributed by atoms with E-state index >= 15 is 0 Å². The zero-order valence-electron chi connectivity index (χ0n) is 14.1. The zero-order valence-corrected chi connectivity index (χ0v) is 14.9. The number of Topliss-reactive ketones (excluding diaryl/α,β-unsaturated/α-hetero) is 1. The Kier molecular flexibility index (Phi) is 6.81. The maximum Gasteiger partial charge on any atom is 0.176 e. The van der Waals surface area contributed by atoms with Gasteiger partial charge in [0.05, 0.1) is 17.9 Å². The van der Waals surface area contributed by atoms with Crippen molar-refractivity contribution in [2.45, 2.75) is 58.1 Å². The van der Waals surface area contributed by atoms with Crippen LogP contribution in [0.3, 0.4) is 0 Å². The van der Waals surface area contributed by atoms with Gasteiger partial charge in [0.1, 0.15) is 5.75 Å². The first kappa shape index (κ1) is 17.4. The van der Waals surface area contributed by atoms with E-state index in [0.29, 0.717) is 23.5 Å². The predicted octanol–water partition coefficient (Wildman–Crippen LogP) is 5.28. The minimum Gasteiger partial charge on any atom is -0.493 e. The number of ether oxygens (including phenoxy) is 1. The molecular weight excluding hydrogens is 292 g/mol. The van der Waals surface area contributed by atoms with E-state index in [1.54, 1.807) is 0 Å². The van der Waals surface area contributed by atoms with Crippen molar-refractivity contribution in [2.75, 3.05) is 12.4 Å². The fraction of sp³-hybridized carbons (Fsp3) is 0.632. The van der Waals surface area contributed by atoms with E-state index in [2.05, 4.69) is 13.8 Å². The second-order valence-electron chi connectivity index (χ2n) is 6.70. The zero-order chi connectivity index (χ0) is 15.9. The molecule has 22 heavy (non-hydrogen) atoms. The van der Waals surface area contributed by atoms with Crippen molar-refractivity contribution in [1.82, 2.24) is 0 Å². The maximum absolute atomic E-state index is 12.6. The Bertz CT molecular complexity index is 490. The molecule has 0 saturated heterocycles. The number of aryl methyl sites for hydroxylation is 1. The largest absolute Gasteiger partial charge is 0.493 e. The summed E-state index contributed by atoms with van der Waals surface area (Å²) < 4.78 is 5.84. The second-order valence-corrected chi connectivity index (χ2v) is 7.99. The number of hydrogen-bond acceptors (Lipinski definition) is 3. The van der Waals surface area contributed by atoms with E-state index in [1.165, 1.54) is 32.1 Å². The van der Waals surface area contributed by atoms with Crippen LogP contribution in [0, 0.1) is 12.8 Å². The van der Waals surface area contributed by atoms with E-state index in [-0.39, 0.29) is 5.78 Å². The first-order valence-electron chi connectivity index (χ1n) is 8.44. The summed E-state index contributed by atoms with van der Waals surface area (Å²) in [6.07, 6.45) is 6.53. The number of carbonyl (C=O) groups is 1. The van der Waals surface area contributed by atoms with E-state index in [0.717, 1.165) is 16.9 Å². The van der Waals surface area contributed by atoms with Gasteiger partial charge in [-0.25, -0.2) is 0 Å². The number of rotatable bonds is 7. The standard InChI is InChI=1S/C19H28O2S/c1-14(2)12-21-19-10-9-15(3)11-17(19)18(20)13-22-16-7-5-4-6-8-16/h9-11,14,16H,4-8,12-13H2,1-3H3. The molecule has 2 nitrogen and oxygen atoms in total. The van der Waals surface area contributed by atoms with Gasteiger partial charge < -0.3 is 4.74 Å². The molecular formula is C19H28O2S. The second kappa shape index (κ2) is 8.61. The minimum absolute atomic E-state index is 0.207. The molecule has 1 aromatic rings. The van der Waals surface area contributed by atoms with Crippen molar-refractivity contribution in [2.24, 2.45) is 5.92 Å². The maximum atomic E-state index is 12.6. The van der Waals surface area contributed by atoms with Crippen LogP contribution in [-0.4, -0.2) is 23.4 Å². The average molecular weight is 320 g/mol. The van der Waals surface area contributed by atoms with Gasteiger partial charge in [0.15, 0.2) is 5.78 Å². The summed E-state index contributed by atoms with van der Waals surface area (Å²) in [5.74, 6) is 1.99. The molecule has 0 N–H and O–H groups in total. The topological polar surface area (TPSA) is 26.3 Å². The van der Waals surface area contributed by atoms with Gasteiger partial charge in [-0.05, 0) is 37.8 Å². The van der Waals surface area contributed by atoms with Crippen molar-refractivity contribution >= 4 is 17.5 Å². The average Bonchev–Trinajstić information content (AvgIpc) is 2.52. The van der Waals surface area contributed by atoms with Gasteiger partial charge in [-0.15, -0.1) is 0 Å². The van der Waals surface area contributed by atoms with E-state index < -0.39 is 0 Å². The molecule has 1 saturated carbocycles. The number of benzene rings is 1. The summed E-state index contributed by atoms with van der Waals surface area (Å²) in [7, 11) is 0. The molecule has 1 aromatic carbocycles. The van der Waals surface area contributed by atoms with Crippen molar-refractivity contribution in [1.29, 1.82) is 0 Å². The molecule has 122 valence electrons. The van der Waals surface area contributed by atoms with E-state index in [1.807, 2.05) is 36.9 Å². The lowest BCUT2D eigenvalue weighted by molar-refractivity contribution is 0.101. The highest BCUT2D eigenvalue weighted by Crippen LogP contribution is 2.30. The van der Waals surface area contributed by atoms with Crippen molar-refractivity contribution < 1.29 is 9.53 Å². The molecule has 1 aliphatic carbocycles. The molecule has 0 spiro atoms. The molecule has 3 heteroatoms. The van der Waals surface area contributed by atoms with Crippen molar-refractivity contribution in [3.8, 4) is 5.75 Å². The lowest BCUT2D eigenvalue weighted by atomic mass is 10.0. The molecule has 0 bridgehead atoms. The Morgan fingerprint density at radius 1 is 1.27 bits per heavy atom. The molecule has 0 aliphatic heterocycles. The Hall–Kier alpha value is -0.960. The van der Waals surface area contributed by atoms with Gasteiger partial charge in [0, 0.05) is 5.25 Å². The summed E-state index contributed by atoms with van der Waals surface area (Å²) in [6, 6.07) is 5.93. The van der Waals surface area contributed by atoms with Gasteiger partial charge in [-0.1, -0.05) is 44.7 Å². The first-order valence-corrected chi connectivity index (χ1v) is 9.49. The van der Waals surface area contributed by atoms with Crippen LogP contribution in [0.4, 0.5) is 0 Å². The molecule has 1 fully saturated rings. The quantitative estimate of drug-likeness (QED) is 0.639. The third-order valence-electron chi connectivity index (χ3n) is 4.01.